The fourth-order valence-electron chi connectivity index (χ4n) is 2.30. The zero-order valence-corrected chi connectivity index (χ0v) is 10.7. The summed E-state index contributed by atoms with van der Waals surface area (Å²) < 4.78 is 5.10. The first-order chi connectivity index (χ1) is 8.13. The van der Waals surface area contributed by atoms with Crippen LogP contribution in [0.15, 0.2) is 6.07 Å². The molecule has 0 spiro atoms. The monoisotopic (exact) mass is 233 g/mol. The van der Waals surface area contributed by atoms with E-state index < -0.39 is 0 Å². The first kappa shape index (κ1) is 12.1. The zero-order valence-electron chi connectivity index (χ0n) is 10.7. The number of carbonyl (C=O) groups excluding carboxylic acids is 1. The van der Waals surface area contributed by atoms with Gasteiger partial charge >= 0.3 is 5.97 Å². The van der Waals surface area contributed by atoms with E-state index in [-0.39, 0.29) is 11.9 Å². The molecule has 1 aromatic rings. The second-order valence-corrected chi connectivity index (χ2v) is 4.76. The minimum Gasteiger partial charge on any atom is -0.462 e. The van der Waals surface area contributed by atoms with Crippen LogP contribution in [0.5, 0.6) is 0 Å². The van der Waals surface area contributed by atoms with Crippen molar-refractivity contribution in [3.63, 3.8) is 0 Å². The summed E-state index contributed by atoms with van der Waals surface area (Å²) in [6, 6.07) is 1.99. The first-order valence-corrected chi connectivity index (χ1v) is 6.33. The summed E-state index contributed by atoms with van der Waals surface area (Å²) in [4.78, 5) is 16.6. The Morgan fingerprint density at radius 3 is 2.88 bits per heavy atom. The van der Waals surface area contributed by atoms with E-state index in [0.29, 0.717) is 12.2 Å². The number of aryl methyl sites for hydroxylation is 2. The van der Waals surface area contributed by atoms with Crippen molar-refractivity contribution < 1.29 is 9.53 Å². The van der Waals surface area contributed by atoms with Gasteiger partial charge in [-0.05, 0) is 43.7 Å². The number of hydrogen-bond donors (Lipinski definition) is 0. The van der Waals surface area contributed by atoms with Gasteiger partial charge in [-0.1, -0.05) is 13.8 Å². The van der Waals surface area contributed by atoms with E-state index in [4.69, 9.17) is 4.74 Å². The quantitative estimate of drug-likeness (QED) is 0.753. The molecule has 0 aromatic carbocycles. The van der Waals surface area contributed by atoms with E-state index in [9.17, 15) is 4.79 Å². The van der Waals surface area contributed by atoms with E-state index >= 15 is 0 Å². The Morgan fingerprint density at radius 1 is 1.47 bits per heavy atom. The Labute approximate surface area is 102 Å². The molecule has 0 fully saturated rings. The van der Waals surface area contributed by atoms with Crippen LogP contribution in [0.1, 0.15) is 60.4 Å². The number of fused-ring (bicyclic) bond motifs is 1. The predicted octanol–water partition coefficient (Wildman–Crippen LogP) is 2.87. The number of pyridine rings is 1. The number of carbonyl (C=O) groups is 1. The lowest BCUT2D eigenvalue weighted by Gasteiger charge is -2.13. The summed E-state index contributed by atoms with van der Waals surface area (Å²) in [5.74, 6) is 0.0127. The number of nitrogens with zero attached hydrogens (tertiary/aromatic N) is 1. The molecule has 1 aliphatic carbocycles. The molecule has 0 bridgehead atoms. The van der Waals surface area contributed by atoms with Crippen molar-refractivity contribution in [2.24, 2.45) is 0 Å². The third kappa shape index (κ3) is 2.33. The van der Waals surface area contributed by atoms with Crippen LogP contribution in [0.3, 0.4) is 0 Å². The van der Waals surface area contributed by atoms with Crippen LogP contribution in [0.4, 0.5) is 0 Å². The van der Waals surface area contributed by atoms with Crippen LogP contribution < -0.4 is 0 Å². The SMILES string of the molecule is CCOC(=O)c1cc2c(nc1C(C)C)CCC2. The molecule has 3 heteroatoms. The van der Waals surface area contributed by atoms with E-state index in [1.54, 1.807) is 0 Å². The van der Waals surface area contributed by atoms with Gasteiger partial charge in [0, 0.05) is 5.69 Å². The smallest absolute Gasteiger partial charge is 0.339 e. The molecular formula is C14H19NO2. The lowest BCUT2D eigenvalue weighted by molar-refractivity contribution is 0.0524. The molecule has 2 rings (SSSR count). The van der Waals surface area contributed by atoms with Gasteiger partial charge in [0.1, 0.15) is 0 Å². The molecule has 1 heterocycles. The highest BCUT2D eigenvalue weighted by atomic mass is 16.5. The van der Waals surface area contributed by atoms with E-state index in [2.05, 4.69) is 18.8 Å². The standard InChI is InChI=1S/C14H19NO2/c1-4-17-14(16)11-8-10-6-5-7-12(10)15-13(11)9(2)3/h8-9H,4-7H2,1-3H3. The third-order valence-corrected chi connectivity index (χ3v) is 3.12. The lowest BCUT2D eigenvalue weighted by atomic mass is 10.0. The summed E-state index contributed by atoms with van der Waals surface area (Å²) in [5, 5.41) is 0. The summed E-state index contributed by atoms with van der Waals surface area (Å²) in [6.07, 6.45) is 3.22. The minimum absolute atomic E-state index is 0.238. The molecule has 17 heavy (non-hydrogen) atoms. The van der Waals surface area contributed by atoms with Crippen molar-refractivity contribution in [1.29, 1.82) is 0 Å². The Hall–Kier alpha value is -1.38. The zero-order chi connectivity index (χ0) is 12.4. The second kappa shape index (κ2) is 4.86. The molecule has 1 aliphatic rings. The molecule has 0 aliphatic heterocycles. The second-order valence-electron chi connectivity index (χ2n) is 4.76. The Balaban J connectivity index is 2.45. The van der Waals surface area contributed by atoms with E-state index in [1.807, 2.05) is 13.0 Å². The Morgan fingerprint density at radius 2 is 2.24 bits per heavy atom. The number of aromatic nitrogens is 1. The molecule has 0 saturated heterocycles. The van der Waals surface area contributed by atoms with Crippen LogP contribution >= 0.6 is 0 Å². The molecule has 92 valence electrons. The minimum atomic E-state index is -0.238. The maximum atomic E-state index is 11.9. The molecule has 0 atom stereocenters. The molecule has 0 radical (unpaired) electrons. The van der Waals surface area contributed by atoms with Gasteiger partial charge in [-0.25, -0.2) is 4.79 Å². The van der Waals surface area contributed by atoms with Crippen LogP contribution in [0, 0.1) is 0 Å². The largest absolute Gasteiger partial charge is 0.462 e. The van der Waals surface area contributed by atoms with Gasteiger partial charge in [-0.3, -0.25) is 4.98 Å². The lowest BCUT2D eigenvalue weighted by Crippen LogP contribution is -2.12. The molecule has 0 unspecified atom stereocenters. The van der Waals surface area contributed by atoms with Crippen molar-refractivity contribution in [1.82, 2.24) is 4.98 Å². The van der Waals surface area contributed by atoms with Gasteiger partial charge in [0.25, 0.3) is 0 Å². The highest BCUT2D eigenvalue weighted by Crippen LogP contribution is 2.26. The van der Waals surface area contributed by atoms with Gasteiger partial charge in [0.2, 0.25) is 0 Å². The molecule has 0 N–H and O–H groups in total. The van der Waals surface area contributed by atoms with Crippen molar-refractivity contribution in [3.8, 4) is 0 Å². The van der Waals surface area contributed by atoms with Crippen molar-refractivity contribution in [2.45, 2.75) is 46.0 Å². The maximum Gasteiger partial charge on any atom is 0.339 e. The Kier molecular flexibility index (Phi) is 3.46. The predicted molar refractivity (Wildman–Crippen MR) is 66.3 cm³/mol. The third-order valence-electron chi connectivity index (χ3n) is 3.12. The maximum absolute atomic E-state index is 11.9. The van der Waals surface area contributed by atoms with E-state index in [1.165, 1.54) is 11.3 Å². The number of rotatable bonds is 3. The molecule has 0 saturated carbocycles. The van der Waals surface area contributed by atoms with Gasteiger partial charge in [0.05, 0.1) is 17.9 Å². The van der Waals surface area contributed by atoms with E-state index in [0.717, 1.165) is 25.0 Å². The van der Waals surface area contributed by atoms with Crippen LogP contribution in [0.2, 0.25) is 0 Å². The number of ether oxygens (including phenoxy) is 1. The topological polar surface area (TPSA) is 39.2 Å². The fourth-order valence-corrected chi connectivity index (χ4v) is 2.30. The van der Waals surface area contributed by atoms with Gasteiger partial charge in [-0.15, -0.1) is 0 Å². The average Bonchev–Trinajstić information content (AvgIpc) is 2.74. The summed E-state index contributed by atoms with van der Waals surface area (Å²) in [6.45, 7) is 6.36. The Bertz CT molecular complexity index is 438. The summed E-state index contributed by atoms with van der Waals surface area (Å²) in [7, 11) is 0. The average molecular weight is 233 g/mol. The molecule has 0 amide bonds. The summed E-state index contributed by atoms with van der Waals surface area (Å²) in [5.41, 5.74) is 3.92. The number of hydrogen-bond acceptors (Lipinski definition) is 3. The first-order valence-electron chi connectivity index (χ1n) is 6.33. The van der Waals surface area contributed by atoms with Gasteiger partial charge in [0.15, 0.2) is 0 Å². The molecule has 1 aromatic heterocycles. The summed E-state index contributed by atoms with van der Waals surface area (Å²) >= 11 is 0. The fraction of sp³-hybridized carbons (Fsp3) is 0.571. The van der Waals surface area contributed by atoms with Crippen LogP contribution in [0.25, 0.3) is 0 Å². The van der Waals surface area contributed by atoms with Crippen LogP contribution in [-0.2, 0) is 17.6 Å². The molecule has 3 nitrogen and oxygen atoms in total. The highest BCUT2D eigenvalue weighted by molar-refractivity contribution is 5.91. The van der Waals surface area contributed by atoms with Crippen molar-refractivity contribution in [2.75, 3.05) is 6.61 Å². The van der Waals surface area contributed by atoms with Crippen molar-refractivity contribution in [3.05, 3.63) is 28.6 Å². The normalized spacial score (nSPS) is 13.9. The molecular weight excluding hydrogens is 214 g/mol. The highest BCUT2D eigenvalue weighted by Gasteiger charge is 2.22. The number of esters is 1. The van der Waals surface area contributed by atoms with Gasteiger partial charge < -0.3 is 4.74 Å². The van der Waals surface area contributed by atoms with Gasteiger partial charge in [-0.2, -0.15) is 0 Å². The van der Waals surface area contributed by atoms with Crippen molar-refractivity contribution >= 4 is 5.97 Å². The van der Waals surface area contributed by atoms with Crippen LogP contribution in [-0.4, -0.2) is 17.6 Å².